The SMILES string of the molecule is CN1CC[C@H](NC(=O)N[C@@H]2C[C@H]2c2cccc(Cl)c2Cl)C1=O. The fourth-order valence-electron chi connectivity index (χ4n) is 2.83. The van der Waals surface area contributed by atoms with E-state index in [1.807, 2.05) is 12.1 Å². The number of benzene rings is 1. The molecule has 5 nitrogen and oxygen atoms in total. The van der Waals surface area contributed by atoms with Crippen molar-refractivity contribution >= 4 is 35.1 Å². The summed E-state index contributed by atoms with van der Waals surface area (Å²) in [7, 11) is 1.74. The van der Waals surface area contributed by atoms with E-state index < -0.39 is 6.04 Å². The Balaban J connectivity index is 1.54. The highest BCUT2D eigenvalue weighted by Gasteiger charge is 2.41. The highest BCUT2D eigenvalue weighted by molar-refractivity contribution is 6.42. The lowest BCUT2D eigenvalue weighted by atomic mass is 10.1. The molecule has 1 heterocycles. The van der Waals surface area contributed by atoms with E-state index in [0.29, 0.717) is 23.0 Å². The molecule has 1 aromatic rings. The Hall–Kier alpha value is -1.46. The highest BCUT2D eigenvalue weighted by atomic mass is 35.5. The van der Waals surface area contributed by atoms with E-state index in [0.717, 1.165) is 12.0 Å². The van der Waals surface area contributed by atoms with E-state index >= 15 is 0 Å². The Morgan fingerprint density at radius 3 is 2.77 bits per heavy atom. The Bertz CT molecular complexity index is 623. The minimum atomic E-state index is -0.419. The zero-order valence-electron chi connectivity index (χ0n) is 12.1. The molecule has 22 heavy (non-hydrogen) atoms. The summed E-state index contributed by atoms with van der Waals surface area (Å²) in [5, 5.41) is 6.69. The number of amides is 3. The second-order valence-corrected chi connectivity index (χ2v) is 6.60. The summed E-state index contributed by atoms with van der Waals surface area (Å²) in [6.07, 6.45) is 1.48. The molecule has 2 N–H and O–H groups in total. The Labute approximate surface area is 138 Å². The predicted molar refractivity (Wildman–Crippen MR) is 85.3 cm³/mol. The molecule has 7 heteroatoms. The van der Waals surface area contributed by atoms with Crippen molar-refractivity contribution in [3.63, 3.8) is 0 Å². The van der Waals surface area contributed by atoms with Crippen molar-refractivity contribution < 1.29 is 9.59 Å². The maximum absolute atomic E-state index is 12.0. The lowest BCUT2D eigenvalue weighted by Crippen LogP contribution is -2.46. The summed E-state index contributed by atoms with van der Waals surface area (Å²) in [4.78, 5) is 25.4. The van der Waals surface area contributed by atoms with E-state index in [1.54, 1.807) is 18.0 Å². The molecule has 3 rings (SSSR count). The zero-order valence-corrected chi connectivity index (χ0v) is 13.6. The molecule has 0 radical (unpaired) electrons. The number of likely N-dealkylation sites (tertiary alicyclic amines) is 1. The largest absolute Gasteiger partial charge is 0.344 e. The van der Waals surface area contributed by atoms with Crippen LogP contribution in [0.1, 0.15) is 24.3 Å². The van der Waals surface area contributed by atoms with Gasteiger partial charge in [0.2, 0.25) is 5.91 Å². The van der Waals surface area contributed by atoms with Gasteiger partial charge in [-0.25, -0.2) is 4.79 Å². The first-order chi connectivity index (χ1) is 10.5. The number of rotatable bonds is 3. The van der Waals surface area contributed by atoms with Crippen LogP contribution in [0.3, 0.4) is 0 Å². The van der Waals surface area contributed by atoms with E-state index in [-0.39, 0.29) is 23.9 Å². The van der Waals surface area contributed by atoms with Crippen LogP contribution in [0.2, 0.25) is 10.0 Å². The fraction of sp³-hybridized carbons (Fsp3) is 0.467. The first-order valence-corrected chi connectivity index (χ1v) is 7.99. The predicted octanol–water partition coefficient (Wildman–Crippen LogP) is 2.38. The van der Waals surface area contributed by atoms with Gasteiger partial charge in [0.25, 0.3) is 0 Å². The highest BCUT2D eigenvalue weighted by Crippen LogP contribution is 2.45. The fourth-order valence-corrected chi connectivity index (χ4v) is 3.28. The molecule has 1 aromatic carbocycles. The second kappa shape index (κ2) is 5.97. The summed E-state index contributed by atoms with van der Waals surface area (Å²) >= 11 is 12.2. The molecule has 0 aromatic heterocycles. The Kier molecular flexibility index (Phi) is 4.19. The van der Waals surface area contributed by atoms with Gasteiger partial charge in [-0.1, -0.05) is 35.3 Å². The molecule has 1 aliphatic carbocycles. The third kappa shape index (κ3) is 3.01. The standard InChI is InChI=1S/C15H17Cl2N3O2/c1-20-6-5-11(14(20)21)18-15(22)19-12-7-9(12)8-3-2-4-10(16)13(8)17/h2-4,9,11-12H,5-7H2,1H3,(H2,18,19,22)/t9-,11-,12+/m0/s1. The summed E-state index contributed by atoms with van der Waals surface area (Å²) in [5.41, 5.74) is 0.955. The number of likely N-dealkylation sites (N-methyl/N-ethyl adjacent to an activating group) is 1. The first-order valence-electron chi connectivity index (χ1n) is 7.23. The smallest absolute Gasteiger partial charge is 0.315 e. The van der Waals surface area contributed by atoms with Crippen molar-refractivity contribution in [2.75, 3.05) is 13.6 Å². The van der Waals surface area contributed by atoms with Gasteiger partial charge < -0.3 is 15.5 Å². The van der Waals surface area contributed by atoms with E-state index in [2.05, 4.69) is 10.6 Å². The number of carbonyl (C=O) groups excluding carboxylic acids is 2. The van der Waals surface area contributed by atoms with Gasteiger partial charge in [-0.05, 0) is 24.5 Å². The van der Waals surface area contributed by atoms with Crippen molar-refractivity contribution in [3.05, 3.63) is 33.8 Å². The van der Waals surface area contributed by atoms with Crippen LogP contribution in [0.15, 0.2) is 18.2 Å². The van der Waals surface area contributed by atoms with Crippen LogP contribution in [0.4, 0.5) is 4.79 Å². The third-order valence-electron chi connectivity index (χ3n) is 4.22. The van der Waals surface area contributed by atoms with Gasteiger partial charge in [-0.3, -0.25) is 4.79 Å². The van der Waals surface area contributed by atoms with E-state index in [4.69, 9.17) is 23.2 Å². The average Bonchev–Trinajstić information content (AvgIpc) is 3.16. The number of urea groups is 1. The maximum atomic E-state index is 12.0. The number of hydrogen-bond acceptors (Lipinski definition) is 2. The van der Waals surface area contributed by atoms with Crippen molar-refractivity contribution in [1.82, 2.24) is 15.5 Å². The van der Waals surface area contributed by atoms with Gasteiger partial charge in [0, 0.05) is 25.6 Å². The lowest BCUT2D eigenvalue weighted by molar-refractivity contribution is -0.128. The van der Waals surface area contributed by atoms with Crippen LogP contribution in [-0.4, -0.2) is 42.5 Å². The molecular weight excluding hydrogens is 325 g/mol. The van der Waals surface area contributed by atoms with Crippen LogP contribution in [0, 0.1) is 0 Å². The molecule has 0 bridgehead atoms. The minimum Gasteiger partial charge on any atom is -0.344 e. The summed E-state index contributed by atoms with van der Waals surface area (Å²) in [5.74, 6) is 0.138. The first kappa shape index (κ1) is 15.4. The number of hydrogen-bond donors (Lipinski definition) is 2. The van der Waals surface area contributed by atoms with Gasteiger partial charge in [0.05, 0.1) is 10.0 Å². The van der Waals surface area contributed by atoms with Crippen LogP contribution in [0.25, 0.3) is 0 Å². The Morgan fingerprint density at radius 2 is 2.09 bits per heavy atom. The quantitative estimate of drug-likeness (QED) is 0.886. The monoisotopic (exact) mass is 341 g/mol. The molecule has 1 saturated heterocycles. The zero-order chi connectivity index (χ0) is 15.9. The van der Waals surface area contributed by atoms with E-state index in [1.165, 1.54) is 0 Å². The van der Waals surface area contributed by atoms with Gasteiger partial charge in [0.15, 0.2) is 0 Å². The Morgan fingerprint density at radius 1 is 1.32 bits per heavy atom. The minimum absolute atomic E-state index is 0.0326. The second-order valence-electron chi connectivity index (χ2n) is 5.81. The third-order valence-corrected chi connectivity index (χ3v) is 5.05. The van der Waals surface area contributed by atoms with E-state index in [9.17, 15) is 9.59 Å². The number of carbonyl (C=O) groups is 2. The van der Waals surface area contributed by atoms with Gasteiger partial charge >= 0.3 is 6.03 Å². The molecule has 118 valence electrons. The molecule has 2 aliphatic rings. The van der Waals surface area contributed by atoms with Crippen LogP contribution in [0.5, 0.6) is 0 Å². The number of nitrogens with zero attached hydrogens (tertiary/aromatic N) is 1. The average molecular weight is 342 g/mol. The van der Waals surface area contributed by atoms with Crippen LogP contribution >= 0.6 is 23.2 Å². The molecule has 2 fully saturated rings. The van der Waals surface area contributed by atoms with Gasteiger partial charge in [-0.15, -0.1) is 0 Å². The topological polar surface area (TPSA) is 61.4 Å². The van der Waals surface area contributed by atoms with Crippen molar-refractivity contribution in [2.24, 2.45) is 0 Å². The summed E-state index contributed by atoms with van der Waals surface area (Å²) in [6.45, 7) is 0.675. The lowest BCUT2D eigenvalue weighted by Gasteiger charge is -2.13. The maximum Gasteiger partial charge on any atom is 0.315 e. The summed E-state index contributed by atoms with van der Waals surface area (Å²) in [6, 6.07) is 4.83. The van der Waals surface area contributed by atoms with Gasteiger partial charge in [0.1, 0.15) is 6.04 Å². The molecule has 3 atom stereocenters. The van der Waals surface area contributed by atoms with Crippen LogP contribution in [-0.2, 0) is 4.79 Å². The van der Waals surface area contributed by atoms with Crippen molar-refractivity contribution in [2.45, 2.75) is 30.8 Å². The van der Waals surface area contributed by atoms with Crippen molar-refractivity contribution in [1.29, 1.82) is 0 Å². The van der Waals surface area contributed by atoms with Gasteiger partial charge in [-0.2, -0.15) is 0 Å². The number of nitrogens with one attached hydrogen (secondary N) is 2. The normalized spacial score (nSPS) is 27.0. The number of halogens is 2. The molecule has 3 amide bonds. The molecular formula is C15H17Cl2N3O2. The summed E-state index contributed by atoms with van der Waals surface area (Å²) < 4.78 is 0. The molecule has 0 spiro atoms. The van der Waals surface area contributed by atoms with Crippen LogP contribution < -0.4 is 10.6 Å². The molecule has 1 saturated carbocycles. The van der Waals surface area contributed by atoms with Crippen molar-refractivity contribution in [3.8, 4) is 0 Å². The molecule has 0 unspecified atom stereocenters. The molecule has 1 aliphatic heterocycles.